The fourth-order valence-electron chi connectivity index (χ4n) is 2.35. The number of ketones is 1. The average Bonchev–Trinajstić information content (AvgIpc) is 2.53. The Hall–Kier alpha value is -1.94. The summed E-state index contributed by atoms with van der Waals surface area (Å²) >= 11 is 0. The molecule has 0 N–H and O–H groups in total. The Balaban J connectivity index is 2.29. The zero-order chi connectivity index (χ0) is 16.2. The molecule has 2 aromatic carbocycles. The third-order valence-electron chi connectivity index (χ3n) is 3.70. The molecule has 0 heterocycles. The van der Waals surface area contributed by atoms with Crippen LogP contribution in [0, 0.1) is 11.8 Å². The van der Waals surface area contributed by atoms with E-state index in [1.54, 1.807) is 54.6 Å². The third-order valence-corrected chi connectivity index (χ3v) is 5.49. The van der Waals surface area contributed by atoms with Crippen LogP contribution in [0.1, 0.15) is 24.2 Å². The zero-order valence-electron chi connectivity index (χ0n) is 12.8. The highest BCUT2D eigenvalue weighted by Crippen LogP contribution is 2.23. The lowest BCUT2D eigenvalue weighted by Gasteiger charge is -2.19. The first kappa shape index (κ1) is 16.4. The van der Waals surface area contributed by atoms with Crippen LogP contribution in [-0.4, -0.2) is 20.0 Å². The minimum Gasteiger partial charge on any atom is -0.294 e. The zero-order valence-corrected chi connectivity index (χ0v) is 13.6. The first-order valence-electron chi connectivity index (χ1n) is 7.29. The quantitative estimate of drug-likeness (QED) is 0.765. The Morgan fingerprint density at radius 3 is 1.91 bits per heavy atom. The van der Waals surface area contributed by atoms with Crippen molar-refractivity contribution >= 4 is 15.6 Å². The lowest BCUT2D eigenvalue weighted by molar-refractivity contribution is 0.0901. The normalized spacial score (nSPS) is 13.0. The smallest absolute Gasteiger partial charge is 0.179 e. The van der Waals surface area contributed by atoms with E-state index in [4.69, 9.17) is 0 Å². The molecule has 0 aromatic heterocycles. The highest BCUT2D eigenvalue weighted by Gasteiger charge is 2.29. The van der Waals surface area contributed by atoms with Gasteiger partial charge in [0, 0.05) is 11.5 Å². The van der Waals surface area contributed by atoms with Gasteiger partial charge >= 0.3 is 0 Å². The molecular weight excluding hydrogens is 296 g/mol. The molecule has 0 amide bonds. The molecule has 22 heavy (non-hydrogen) atoms. The van der Waals surface area contributed by atoms with E-state index in [0.29, 0.717) is 5.56 Å². The van der Waals surface area contributed by atoms with Crippen LogP contribution in [0.2, 0.25) is 0 Å². The maximum Gasteiger partial charge on any atom is 0.179 e. The predicted octanol–water partition coefficient (Wildman–Crippen LogP) is 3.62. The van der Waals surface area contributed by atoms with E-state index in [1.165, 1.54) is 0 Å². The van der Waals surface area contributed by atoms with E-state index >= 15 is 0 Å². The number of carbonyl (C=O) groups excluding carboxylic acids is 1. The van der Waals surface area contributed by atoms with E-state index in [-0.39, 0.29) is 22.3 Å². The van der Waals surface area contributed by atoms with Gasteiger partial charge in [-0.25, -0.2) is 8.42 Å². The Labute approximate surface area is 131 Å². The molecule has 0 saturated heterocycles. The summed E-state index contributed by atoms with van der Waals surface area (Å²) in [4.78, 5) is 12.9. The standard InChI is InChI=1S/C18H20O3S/c1-14(2)17(18(19)15-9-5-3-6-10-15)13-22(20,21)16-11-7-4-8-12-16/h3-12,14,17H,13H2,1-2H3. The number of Topliss-reactive ketones (excluding diaryl/α,β-unsaturated/α-hetero) is 1. The largest absolute Gasteiger partial charge is 0.294 e. The molecule has 0 aliphatic rings. The maximum atomic E-state index is 12.6. The van der Waals surface area contributed by atoms with Gasteiger partial charge in [0.15, 0.2) is 15.6 Å². The molecule has 0 aliphatic carbocycles. The predicted molar refractivity (Wildman–Crippen MR) is 87.6 cm³/mol. The molecule has 0 aliphatic heterocycles. The first-order chi connectivity index (χ1) is 10.4. The average molecular weight is 316 g/mol. The van der Waals surface area contributed by atoms with Gasteiger partial charge in [-0.1, -0.05) is 62.4 Å². The molecule has 0 bridgehead atoms. The summed E-state index contributed by atoms with van der Waals surface area (Å²) in [6, 6.07) is 17.2. The van der Waals surface area contributed by atoms with Gasteiger partial charge in [0.2, 0.25) is 0 Å². The highest BCUT2D eigenvalue weighted by molar-refractivity contribution is 7.91. The summed E-state index contributed by atoms with van der Waals surface area (Å²) in [6.07, 6.45) is 0. The van der Waals surface area contributed by atoms with Crippen molar-refractivity contribution in [3.63, 3.8) is 0 Å². The third kappa shape index (κ3) is 3.83. The summed E-state index contributed by atoms with van der Waals surface area (Å²) in [5.74, 6) is -0.878. The van der Waals surface area contributed by atoms with Crippen LogP contribution < -0.4 is 0 Å². The van der Waals surface area contributed by atoms with Gasteiger partial charge in [-0.15, -0.1) is 0 Å². The van der Waals surface area contributed by atoms with Crippen molar-refractivity contribution in [2.75, 3.05) is 5.75 Å². The van der Waals surface area contributed by atoms with Gasteiger partial charge in [0.25, 0.3) is 0 Å². The molecule has 0 spiro atoms. The van der Waals surface area contributed by atoms with Crippen LogP contribution in [0.4, 0.5) is 0 Å². The minimum atomic E-state index is -3.48. The van der Waals surface area contributed by atoms with Crippen molar-refractivity contribution in [2.45, 2.75) is 18.7 Å². The fraction of sp³-hybridized carbons (Fsp3) is 0.278. The monoisotopic (exact) mass is 316 g/mol. The molecule has 3 nitrogen and oxygen atoms in total. The van der Waals surface area contributed by atoms with E-state index in [9.17, 15) is 13.2 Å². The SMILES string of the molecule is CC(C)C(CS(=O)(=O)c1ccccc1)C(=O)c1ccccc1. The Morgan fingerprint density at radius 1 is 0.909 bits per heavy atom. The van der Waals surface area contributed by atoms with Crippen molar-refractivity contribution in [1.29, 1.82) is 0 Å². The first-order valence-corrected chi connectivity index (χ1v) is 8.94. The second kappa shape index (κ2) is 6.88. The van der Waals surface area contributed by atoms with Crippen molar-refractivity contribution < 1.29 is 13.2 Å². The van der Waals surface area contributed by atoms with Crippen molar-refractivity contribution in [2.24, 2.45) is 11.8 Å². The van der Waals surface area contributed by atoms with Crippen LogP contribution in [0.15, 0.2) is 65.6 Å². The Kier molecular flexibility index (Phi) is 5.14. The topological polar surface area (TPSA) is 51.2 Å². The van der Waals surface area contributed by atoms with Crippen LogP contribution in [0.3, 0.4) is 0 Å². The van der Waals surface area contributed by atoms with Crippen LogP contribution in [0.25, 0.3) is 0 Å². The van der Waals surface area contributed by atoms with E-state index in [2.05, 4.69) is 0 Å². The molecule has 0 saturated carbocycles. The second-order valence-corrected chi connectivity index (χ2v) is 7.71. The highest BCUT2D eigenvalue weighted by atomic mass is 32.2. The summed E-state index contributed by atoms with van der Waals surface area (Å²) in [7, 11) is -3.48. The molecule has 0 fully saturated rings. The number of hydrogen-bond acceptors (Lipinski definition) is 3. The molecule has 0 radical (unpaired) electrons. The van der Waals surface area contributed by atoms with Gasteiger partial charge in [0.1, 0.15) is 0 Å². The van der Waals surface area contributed by atoms with Crippen LogP contribution >= 0.6 is 0 Å². The van der Waals surface area contributed by atoms with Gasteiger partial charge in [0.05, 0.1) is 10.6 Å². The lowest BCUT2D eigenvalue weighted by Crippen LogP contribution is -2.28. The molecule has 116 valence electrons. The Bertz CT molecular complexity index is 719. The number of carbonyl (C=O) groups is 1. The molecule has 4 heteroatoms. The van der Waals surface area contributed by atoms with E-state index < -0.39 is 15.8 Å². The summed E-state index contributed by atoms with van der Waals surface area (Å²) < 4.78 is 25.1. The molecule has 1 atom stereocenters. The fourth-order valence-corrected chi connectivity index (χ4v) is 4.12. The molecular formula is C18H20O3S. The number of benzene rings is 2. The molecule has 1 unspecified atom stereocenters. The van der Waals surface area contributed by atoms with Crippen molar-refractivity contribution in [1.82, 2.24) is 0 Å². The van der Waals surface area contributed by atoms with Crippen LogP contribution in [-0.2, 0) is 9.84 Å². The van der Waals surface area contributed by atoms with Crippen molar-refractivity contribution in [3.05, 3.63) is 66.2 Å². The lowest BCUT2D eigenvalue weighted by atomic mass is 9.89. The minimum absolute atomic E-state index is 0.0498. The van der Waals surface area contributed by atoms with E-state index in [0.717, 1.165) is 0 Å². The summed E-state index contributed by atoms with van der Waals surface area (Å²) in [5, 5.41) is 0. The van der Waals surface area contributed by atoms with Gasteiger partial charge in [-0.3, -0.25) is 4.79 Å². The number of rotatable bonds is 6. The van der Waals surface area contributed by atoms with Crippen LogP contribution in [0.5, 0.6) is 0 Å². The summed E-state index contributed by atoms with van der Waals surface area (Å²) in [6.45, 7) is 3.76. The van der Waals surface area contributed by atoms with Gasteiger partial charge in [-0.2, -0.15) is 0 Å². The number of hydrogen-bond donors (Lipinski definition) is 0. The molecule has 2 aromatic rings. The number of sulfone groups is 1. The summed E-state index contributed by atoms with van der Waals surface area (Å²) in [5.41, 5.74) is 0.560. The van der Waals surface area contributed by atoms with E-state index in [1.807, 2.05) is 19.9 Å². The Morgan fingerprint density at radius 2 is 1.41 bits per heavy atom. The maximum absolute atomic E-state index is 12.6. The second-order valence-electron chi connectivity index (χ2n) is 5.68. The molecule has 2 rings (SSSR count). The van der Waals surface area contributed by atoms with Crippen molar-refractivity contribution in [3.8, 4) is 0 Å². The van der Waals surface area contributed by atoms with Gasteiger partial charge in [-0.05, 0) is 18.1 Å². The van der Waals surface area contributed by atoms with Gasteiger partial charge < -0.3 is 0 Å².